The van der Waals surface area contributed by atoms with Crippen LogP contribution < -0.4 is 0 Å². The highest BCUT2D eigenvalue weighted by molar-refractivity contribution is 6.30. The normalized spacial score (nSPS) is 11.7. The molecule has 0 aliphatic rings. The Labute approximate surface area is 118 Å². The fraction of sp³-hybridized carbons (Fsp3) is 0.583. The molecule has 19 heavy (non-hydrogen) atoms. The van der Waals surface area contributed by atoms with Crippen LogP contribution in [0.3, 0.4) is 0 Å². The Morgan fingerprint density at radius 2 is 2.21 bits per heavy atom. The van der Waals surface area contributed by atoms with Gasteiger partial charge in [0.05, 0.1) is 24.3 Å². The third-order valence-electron chi connectivity index (χ3n) is 2.93. The summed E-state index contributed by atoms with van der Waals surface area (Å²) in [5.41, 5.74) is 0. The molecular weight excluding hydrogens is 264 g/mol. The molecule has 0 saturated heterocycles. The Balaban J connectivity index is 1.87. The summed E-state index contributed by atoms with van der Waals surface area (Å²) < 4.78 is 3.92. The zero-order valence-electron chi connectivity index (χ0n) is 11.5. The van der Waals surface area contributed by atoms with E-state index in [0.717, 1.165) is 25.5 Å². The molecule has 0 bridgehead atoms. The van der Waals surface area contributed by atoms with Crippen molar-refractivity contribution in [1.29, 1.82) is 0 Å². The third-order valence-corrected chi connectivity index (χ3v) is 3.12. The SMILES string of the molecule is CC(C)n1cnnc1CN(C)CCn1cc(Cl)cn1. The van der Waals surface area contributed by atoms with E-state index in [9.17, 15) is 0 Å². The van der Waals surface area contributed by atoms with Gasteiger partial charge in [-0.3, -0.25) is 9.58 Å². The van der Waals surface area contributed by atoms with E-state index in [1.54, 1.807) is 12.5 Å². The largest absolute Gasteiger partial charge is 0.314 e. The van der Waals surface area contributed by atoms with Crippen molar-refractivity contribution in [3.63, 3.8) is 0 Å². The van der Waals surface area contributed by atoms with Crippen LogP contribution in [-0.2, 0) is 13.1 Å². The number of hydrogen-bond donors (Lipinski definition) is 0. The summed E-state index contributed by atoms with van der Waals surface area (Å²) in [6.45, 7) is 6.70. The maximum atomic E-state index is 5.83. The van der Waals surface area contributed by atoms with E-state index in [1.807, 2.05) is 10.9 Å². The lowest BCUT2D eigenvalue weighted by Crippen LogP contribution is -2.25. The highest BCUT2D eigenvalue weighted by Gasteiger charge is 2.10. The first-order chi connectivity index (χ1) is 9.06. The monoisotopic (exact) mass is 282 g/mol. The first-order valence-electron chi connectivity index (χ1n) is 6.31. The molecule has 0 aliphatic carbocycles. The average Bonchev–Trinajstić information content (AvgIpc) is 2.95. The van der Waals surface area contributed by atoms with Gasteiger partial charge in [0.1, 0.15) is 12.2 Å². The first-order valence-corrected chi connectivity index (χ1v) is 6.69. The quantitative estimate of drug-likeness (QED) is 0.811. The first kappa shape index (κ1) is 14.0. The minimum absolute atomic E-state index is 0.378. The molecule has 0 fully saturated rings. The van der Waals surface area contributed by atoms with E-state index in [1.165, 1.54) is 0 Å². The van der Waals surface area contributed by atoms with Gasteiger partial charge in [0.2, 0.25) is 0 Å². The average molecular weight is 283 g/mol. The summed E-state index contributed by atoms with van der Waals surface area (Å²) >= 11 is 5.83. The van der Waals surface area contributed by atoms with Crippen LogP contribution in [0.5, 0.6) is 0 Å². The molecule has 0 aromatic carbocycles. The fourth-order valence-electron chi connectivity index (χ4n) is 1.87. The Bertz CT molecular complexity index is 518. The Kier molecular flexibility index (Phi) is 4.55. The highest BCUT2D eigenvalue weighted by Crippen LogP contribution is 2.08. The van der Waals surface area contributed by atoms with E-state index in [4.69, 9.17) is 11.6 Å². The summed E-state index contributed by atoms with van der Waals surface area (Å²) in [4.78, 5) is 2.19. The van der Waals surface area contributed by atoms with Gasteiger partial charge in [-0.2, -0.15) is 5.10 Å². The maximum Gasteiger partial charge on any atom is 0.147 e. The number of likely N-dealkylation sites (N-methyl/N-ethyl adjacent to an activating group) is 1. The van der Waals surface area contributed by atoms with Crippen molar-refractivity contribution in [1.82, 2.24) is 29.4 Å². The van der Waals surface area contributed by atoms with Crippen molar-refractivity contribution in [2.45, 2.75) is 33.0 Å². The van der Waals surface area contributed by atoms with Gasteiger partial charge in [0.25, 0.3) is 0 Å². The second kappa shape index (κ2) is 6.16. The second-order valence-electron chi connectivity index (χ2n) is 4.91. The van der Waals surface area contributed by atoms with Crippen LogP contribution in [0, 0.1) is 0 Å². The molecule has 0 amide bonds. The van der Waals surface area contributed by atoms with Crippen LogP contribution >= 0.6 is 11.6 Å². The fourth-order valence-corrected chi connectivity index (χ4v) is 2.02. The predicted molar refractivity (Wildman–Crippen MR) is 74.0 cm³/mol. The van der Waals surface area contributed by atoms with Crippen LogP contribution in [0.1, 0.15) is 25.7 Å². The molecule has 0 spiro atoms. The van der Waals surface area contributed by atoms with Gasteiger partial charge in [-0.25, -0.2) is 0 Å². The van der Waals surface area contributed by atoms with E-state index in [-0.39, 0.29) is 0 Å². The minimum atomic E-state index is 0.378. The van der Waals surface area contributed by atoms with Crippen LogP contribution in [0.15, 0.2) is 18.7 Å². The zero-order valence-corrected chi connectivity index (χ0v) is 12.2. The molecule has 0 unspecified atom stereocenters. The van der Waals surface area contributed by atoms with Gasteiger partial charge in [-0.1, -0.05) is 11.6 Å². The molecule has 7 heteroatoms. The van der Waals surface area contributed by atoms with Crippen LogP contribution in [0.25, 0.3) is 0 Å². The molecule has 0 saturated carbocycles. The summed E-state index contributed by atoms with van der Waals surface area (Å²) in [5.74, 6) is 0.982. The Morgan fingerprint density at radius 3 is 2.84 bits per heavy atom. The van der Waals surface area contributed by atoms with E-state index >= 15 is 0 Å². The molecule has 2 heterocycles. The van der Waals surface area contributed by atoms with Crippen LogP contribution in [0.2, 0.25) is 5.02 Å². The Hall–Kier alpha value is -1.40. The van der Waals surface area contributed by atoms with Gasteiger partial charge in [-0.05, 0) is 20.9 Å². The lowest BCUT2D eigenvalue weighted by atomic mass is 10.3. The molecule has 2 rings (SSSR count). The lowest BCUT2D eigenvalue weighted by Gasteiger charge is -2.17. The second-order valence-corrected chi connectivity index (χ2v) is 5.34. The van der Waals surface area contributed by atoms with Crippen LogP contribution in [-0.4, -0.2) is 43.0 Å². The maximum absolute atomic E-state index is 5.83. The van der Waals surface area contributed by atoms with Crippen molar-refractivity contribution < 1.29 is 0 Å². The van der Waals surface area contributed by atoms with Gasteiger partial charge >= 0.3 is 0 Å². The number of aromatic nitrogens is 5. The van der Waals surface area contributed by atoms with Crippen LogP contribution in [0.4, 0.5) is 0 Å². The zero-order chi connectivity index (χ0) is 13.8. The number of hydrogen-bond acceptors (Lipinski definition) is 4. The van der Waals surface area contributed by atoms with Crippen molar-refractivity contribution >= 4 is 11.6 Å². The summed E-state index contributed by atoms with van der Waals surface area (Å²) in [7, 11) is 2.06. The summed E-state index contributed by atoms with van der Waals surface area (Å²) in [5, 5.41) is 13.0. The highest BCUT2D eigenvalue weighted by atomic mass is 35.5. The number of rotatable bonds is 6. The lowest BCUT2D eigenvalue weighted by molar-refractivity contribution is 0.291. The molecule has 0 atom stereocenters. The molecule has 2 aromatic rings. The number of halogens is 1. The molecule has 0 N–H and O–H groups in total. The van der Waals surface area contributed by atoms with E-state index < -0.39 is 0 Å². The van der Waals surface area contributed by atoms with E-state index in [2.05, 4.69) is 45.7 Å². The third kappa shape index (κ3) is 3.78. The van der Waals surface area contributed by atoms with Crippen molar-refractivity contribution in [2.75, 3.05) is 13.6 Å². The molecular formula is C12H19ClN6. The molecule has 104 valence electrons. The van der Waals surface area contributed by atoms with Gasteiger partial charge < -0.3 is 4.57 Å². The Morgan fingerprint density at radius 1 is 1.42 bits per heavy atom. The van der Waals surface area contributed by atoms with Gasteiger partial charge in [0, 0.05) is 18.8 Å². The van der Waals surface area contributed by atoms with Gasteiger partial charge in [0.15, 0.2) is 0 Å². The van der Waals surface area contributed by atoms with Gasteiger partial charge in [-0.15, -0.1) is 10.2 Å². The summed E-state index contributed by atoms with van der Waals surface area (Å²) in [6, 6.07) is 0.378. The number of nitrogens with zero attached hydrogens (tertiary/aromatic N) is 6. The summed E-state index contributed by atoms with van der Waals surface area (Å²) in [6.07, 6.45) is 5.25. The molecule has 0 aliphatic heterocycles. The molecule has 6 nitrogen and oxygen atoms in total. The van der Waals surface area contributed by atoms with Crippen molar-refractivity contribution in [3.8, 4) is 0 Å². The minimum Gasteiger partial charge on any atom is -0.314 e. The molecule has 0 radical (unpaired) electrons. The van der Waals surface area contributed by atoms with E-state index in [0.29, 0.717) is 11.1 Å². The standard InChI is InChI=1S/C12H19ClN6/c1-10(2)19-9-14-16-12(19)8-17(3)4-5-18-7-11(13)6-15-18/h6-7,9-10H,4-5,8H2,1-3H3. The predicted octanol–water partition coefficient (Wildman–Crippen LogP) is 1.84. The van der Waals surface area contributed by atoms with Crippen molar-refractivity contribution in [2.24, 2.45) is 0 Å². The topological polar surface area (TPSA) is 51.8 Å². The van der Waals surface area contributed by atoms with Crippen molar-refractivity contribution in [3.05, 3.63) is 29.6 Å². The molecule has 2 aromatic heterocycles. The smallest absolute Gasteiger partial charge is 0.147 e.